The average Bonchev–Trinajstić information content (AvgIpc) is 2.74. The predicted molar refractivity (Wildman–Crippen MR) is 65.8 cm³/mol. The smallest absolute Gasteiger partial charge is 0.416 e. The molecule has 2 unspecified atom stereocenters. The standard InChI is InChI=1S/C13H15F3N2O/c1-8(6-11-7-19-12(17)18-11)9-2-4-10(5-3-9)13(14,15)16/h2-5,8,11H,6-7H2,1H3,(H2,17,18). The fraction of sp³-hybridized carbons (Fsp3) is 0.462. The number of hydrogen-bond donors (Lipinski definition) is 1. The molecular weight excluding hydrogens is 257 g/mol. The van der Waals surface area contributed by atoms with Gasteiger partial charge in [0.15, 0.2) is 0 Å². The van der Waals surface area contributed by atoms with Crippen LogP contribution in [0.1, 0.15) is 30.4 Å². The highest BCUT2D eigenvalue weighted by atomic mass is 19.4. The highest BCUT2D eigenvalue weighted by Gasteiger charge is 2.30. The SMILES string of the molecule is CC(CC1COC(N)=N1)c1ccc(C(F)(F)F)cc1. The Balaban J connectivity index is 2.02. The van der Waals surface area contributed by atoms with Crippen molar-refractivity contribution in [1.82, 2.24) is 0 Å². The first-order chi connectivity index (χ1) is 8.86. The average molecular weight is 272 g/mol. The summed E-state index contributed by atoms with van der Waals surface area (Å²) in [4.78, 5) is 4.10. The number of alkyl halides is 3. The summed E-state index contributed by atoms with van der Waals surface area (Å²) >= 11 is 0. The Bertz CT molecular complexity index is 468. The molecule has 2 rings (SSSR count). The number of nitrogens with zero attached hydrogens (tertiary/aromatic N) is 1. The van der Waals surface area contributed by atoms with Gasteiger partial charge >= 0.3 is 6.18 Å². The largest absolute Gasteiger partial charge is 0.463 e. The maximum atomic E-state index is 12.4. The molecule has 0 spiro atoms. The summed E-state index contributed by atoms with van der Waals surface area (Å²) in [5.41, 5.74) is 5.64. The van der Waals surface area contributed by atoms with Gasteiger partial charge in [0.05, 0.1) is 11.6 Å². The number of nitrogens with two attached hydrogens (primary N) is 1. The molecule has 1 aromatic rings. The van der Waals surface area contributed by atoms with Gasteiger partial charge in [0.1, 0.15) is 6.61 Å². The number of hydrogen-bond acceptors (Lipinski definition) is 3. The van der Waals surface area contributed by atoms with E-state index in [1.165, 1.54) is 12.1 Å². The van der Waals surface area contributed by atoms with Crippen LogP contribution in [0, 0.1) is 0 Å². The molecule has 0 aromatic heterocycles. The lowest BCUT2D eigenvalue weighted by Gasteiger charge is -2.15. The van der Waals surface area contributed by atoms with Gasteiger partial charge in [-0.1, -0.05) is 19.1 Å². The van der Waals surface area contributed by atoms with Crippen LogP contribution in [0.5, 0.6) is 0 Å². The van der Waals surface area contributed by atoms with Crippen LogP contribution in [-0.4, -0.2) is 18.7 Å². The van der Waals surface area contributed by atoms with Crippen molar-refractivity contribution >= 4 is 6.02 Å². The van der Waals surface area contributed by atoms with E-state index in [9.17, 15) is 13.2 Å². The lowest BCUT2D eigenvalue weighted by Crippen LogP contribution is -2.11. The van der Waals surface area contributed by atoms with Gasteiger partial charge in [0.25, 0.3) is 6.02 Å². The minimum Gasteiger partial charge on any atom is -0.463 e. The highest BCUT2D eigenvalue weighted by molar-refractivity contribution is 5.73. The monoisotopic (exact) mass is 272 g/mol. The Kier molecular flexibility index (Phi) is 3.68. The summed E-state index contributed by atoms with van der Waals surface area (Å²) in [6, 6.07) is 5.40. The zero-order valence-corrected chi connectivity index (χ0v) is 10.4. The van der Waals surface area contributed by atoms with Gasteiger partial charge in [0.2, 0.25) is 0 Å². The van der Waals surface area contributed by atoms with E-state index in [4.69, 9.17) is 10.5 Å². The maximum absolute atomic E-state index is 12.4. The second kappa shape index (κ2) is 5.11. The highest BCUT2D eigenvalue weighted by Crippen LogP contribution is 2.31. The molecule has 0 fully saturated rings. The fourth-order valence-corrected chi connectivity index (χ4v) is 2.10. The molecule has 0 bridgehead atoms. The number of benzene rings is 1. The van der Waals surface area contributed by atoms with Crippen LogP contribution in [0.25, 0.3) is 0 Å². The van der Waals surface area contributed by atoms with Crippen LogP contribution in [0.3, 0.4) is 0 Å². The lowest BCUT2D eigenvalue weighted by molar-refractivity contribution is -0.137. The minimum absolute atomic E-state index is 0.0164. The van der Waals surface area contributed by atoms with Gasteiger partial charge in [-0.25, -0.2) is 4.99 Å². The Labute approximate surface area is 109 Å². The summed E-state index contributed by atoms with van der Waals surface area (Å²) in [5.74, 6) is 0.102. The van der Waals surface area contributed by atoms with E-state index >= 15 is 0 Å². The van der Waals surface area contributed by atoms with Crippen LogP contribution in [-0.2, 0) is 10.9 Å². The number of aliphatic imine (C=N–C) groups is 1. The Hall–Kier alpha value is -1.72. The van der Waals surface area contributed by atoms with E-state index in [0.717, 1.165) is 17.7 Å². The molecule has 1 heterocycles. The van der Waals surface area contributed by atoms with Gasteiger partial charge in [-0.2, -0.15) is 13.2 Å². The van der Waals surface area contributed by atoms with Crippen LogP contribution >= 0.6 is 0 Å². The van der Waals surface area contributed by atoms with Crippen LogP contribution < -0.4 is 5.73 Å². The summed E-state index contributed by atoms with van der Waals surface area (Å²) in [6.07, 6.45) is -3.59. The molecule has 2 atom stereocenters. The molecule has 0 amide bonds. The molecular formula is C13H15F3N2O. The molecule has 0 saturated heterocycles. The second-order valence-corrected chi connectivity index (χ2v) is 4.69. The van der Waals surface area contributed by atoms with E-state index in [1.54, 1.807) is 0 Å². The van der Waals surface area contributed by atoms with Gasteiger partial charge in [-0.3, -0.25) is 0 Å². The molecule has 1 aromatic carbocycles. The maximum Gasteiger partial charge on any atom is 0.416 e. The van der Waals surface area contributed by atoms with E-state index in [-0.39, 0.29) is 18.0 Å². The third-order valence-electron chi connectivity index (χ3n) is 3.17. The molecule has 0 radical (unpaired) electrons. The topological polar surface area (TPSA) is 47.6 Å². The summed E-state index contributed by atoms with van der Waals surface area (Å²) in [7, 11) is 0. The number of rotatable bonds is 3. The van der Waals surface area contributed by atoms with Crippen molar-refractivity contribution < 1.29 is 17.9 Å². The van der Waals surface area contributed by atoms with E-state index < -0.39 is 11.7 Å². The molecule has 6 heteroatoms. The quantitative estimate of drug-likeness (QED) is 0.919. The molecule has 104 valence electrons. The first-order valence-corrected chi connectivity index (χ1v) is 5.99. The fourth-order valence-electron chi connectivity index (χ4n) is 2.10. The summed E-state index contributed by atoms with van der Waals surface area (Å²) < 4.78 is 42.4. The third-order valence-corrected chi connectivity index (χ3v) is 3.17. The number of amidine groups is 1. The molecule has 0 aliphatic carbocycles. The molecule has 1 aliphatic rings. The number of halogens is 3. The van der Waals surface area contributed by atoms with Gasteiger partial charge in [-0.15, -0.1) is 0 Å². The van der Waals surface area contributed by atoms with Crippen LogP contribution in [0.15, 0.2) is 29.3 Å². The minimum atomic E-state index is -4.29. The molecule has 19 heavy (non-hydrogen) atoms. The Morgan fingerprint density at radius 2 is 2.00 bits per heavy atom. The van der Waals surface area contributed by atoms with Gasteiger partial charge < -0.3 is 10.5 Å². The molecule has 3 nitrogen and oxygen atoms in total. The van der Waals surface area contributed by atoms with Crippen molar-refractivity contribution in [2.75, 3.05) is 6.61 Å². The van der Waals surface area contributed by atoms with Crippen LogP contribution in [0.2, 0.25) is 0 Å². The first-order valence-electron chi connectivity index (χ1n) is 5.99. The first kappa shape index (κ1) is 13.7. The van der Waals surface area contributed by atoms with E-state index in [1.807, 2.05) is 6.92 Å². The van der Waals surface area contributed by atoms with Crippen LogP contribution in [0.4, 0.5) is 13.2 Å². The van der Waals surface area contributed by atoms with Crippen molar-refractivity contribution in [2.45, 2.75) is 31.5 Å². The van der Waals surface area contributed by atoms with Gasteiger partial charge in [0, 0.05) is 0 Å². The molecule has 2 N–H and O–H groups in total. The Morgan fingerprint density at radius 1 is 1.37 bits per heavy atom. The van der Waals surface area contributed by atoms with Crippen molar-refractivity contribution in [1.29, 1.82) is 0 Å². The lowest BCUT2D eigenvalue weighted by atomic mass is 9.93. The van der Waals surface area contributed by atoms with Crippen molar-refractivity contribution in [2.24, 2.45) is 10.7 Å². The molecule has 1 aliphatic heterocycles. The van der Waals surface area contributed by atoms with Crippen molar-refractivity contribution in [3.05, 3.63) is 35.4 Å². The Morgan fingerprint density at radius 3 is 2.47 bits per heavy atom. The third kappa shape index (κ3) is 3.39. The van der Waals surface area contributed by atoms with Crippen molar-refractivity contribution in [3.63, 3.8) is 0 Å². The van der Waals surface area contributed by atoms with Gasteiger partial charge in [-0.05, 0) is 30.0 Å². The normalized spacial score (nSPS) is 20.8. The summed E-state index contributed by atoms with van der Waals surface area (Å²) in [6.45, 7) is 2.39. The van der Waals surface area contributed by atoms with E-state index in [0.29, 0.717) is 13.0 Å². The van der Waals surface area contributed by atoms with E-state index in [2.05, 4.69) is 4.99 Å². The zero-order chi connectivity index (χ0) is 14.0. The predicted octanol–water partition coefficient (Wildman–Crippen LogP) is 2.91. The number of ether oxygens (including phenoxy) is 1. The summed E-state index contributed by atoms with van der Waals surface area (Å²) in [5, 5.41) is 0. The van der Waals surface area contributed by atoms with Crippen molar-refractivity contribution in [3.8, 4) is 0 Å². The molecule has 0 saturated carbocycles. The zero-order valence-electron chi connectivity index (χ0n) is 10.4. The second-order valence-electron chi connectivity index (χ2n) is 4.69.